The number of piperidine rings is 2. The van der Waals surface area contributed by atoms with Gasteiger partial charge in [-0.15, -0.1) is 0 Å². The molecule has 6 aromatic heterocycles. The Bertz CT molecular complexity index is 4130. The van der Waals surface area contributed by atoms with Gasteiger partial charge in [0.1, 0.15) is 11.3 Å². The van der Waals surface area contributed by atoms with Crippen molar-refractivity contribution < 1.29 is 38.4 Å². The van der Waals surface area contributed by atoms with Gasteiger partial charge in [0.15, 0.2) is 0 Å². The van der Waals surface area contributed by atoms with Crippen LogP contribution in [0.1, 0.15) is 86.0 Å². The minimum atomic E-state index is -0.486. The van der Waals surface area contributed by atoms with Crippen LogP contribution < -0.4 is 21.7 Å². The first-order valence-corrected chi connectivity index (χ1v) is 28.5. The van der Waals surface area contributed by atoms with Gasteiger partial charge in [-0.1, -0.05) is 28.1 Å². The van der Waals surface area contributed by atoms with Gasteiger partial charge in [-0.2, -0.15) is 0 Å². The number of hydrogen-bond acceptors (Lipinski definition) is 10. The fourth-order valence-electron chi connectivity index (χ4n) is 12.4. The highest BCUT2D eigenvalue weighted by Gasteiger charge is 2.39. The molecule has 0 saturated carbocycles. The number of likely N-dealkylation sites (tertiary alicyclic amines) is 2. The molecule has 2 aromatic carbocycles. The standard InChI is InChI=1S/C30H29N7O4.C28H25BrN6O3.C2H5NO/c1-18(38)32-20-13-19-16-36(30(41)34-8-4-2-5-9-34)12-11-35-17-22(21(14-20)27(19)35)25-26(29(40)33-28(25)39)23-15-31-24-7-3-6-10-37(23)24;29-18-12-17-15-34(28(38)32-7-3-1-4-8-32)11-10-33-16-20(19(13-18)25(17)33)23-24(27(37)31-26(23)36)21-14-30-22-6-2-5-9-35(21)22;1-2(3)4/h3,6-7,10,13-15,17H,2,4-5,8-9,11-12,16H2,1H3,(H,32,38)(H,33,39,40);2,5-6,9,12-14,16H,1,3-4,7-8,10-11,15H2,(H,31,36,37);1H3,(H2,3,4). The van der Waals surface area contributed by atoms with E-state index in [2.05, 4.69) is 56.7 Å². The van der Waals surface area contributed by atoms with Crippen molar-refractivity contribution in [2.24, 2.45) is 5.73 Å². The zero-order chi connectivity index (χ0) is 57.8. The number of primary amides is 1. The number of fused-ring (bicyclic) bond motifs is 2. The summed E-state index contributed by atoms with van der Waals surface area (Å²) in [6.07, 6.45) is 17.1. The molecule has 6 aliphatic rings. The predicted octanol–water partition coefficient (Wildman–Crippen LogP) is 6.77. The van der Waals surface area contributed by atoms with Gasteiger partial charge in [0.25, 0.3) is 23.6 Å². The molecule has 0 bridgehead atoms. The number of rotatable bonds is 5. The monoisotopic (exact) mass is 1180 g/mol. The normalized spacial score (nSPS) is 17.1. The highest BCUT2D eigenvalue weighted by molar-refractivity contribution is 9.10. The summed E-state index contributed by atoms with van der Waals surface area (Å²) < 4.78 is 8.63. The summed E-state index contributed by atoms with van der Waals surface area (Å²) in [7, 11) is 0. The molecule has 22 nitrogen and oxygen atoms in total. The predicted molar refractivity (Wildman–Crippen MR) is 314 cm³/mol. The molecule has 5 N–H and O–H groups in total. The molecule has 23 heteroatoms. The second kappa shape index (κ2) is 22.2. The first-order chi connectivity index (χ1) is 40.1. The van der Waals surface area contributed by atoms with Gasteiger partial charge in [0.05, 0.1) is 57.1 Å². The summed E-state index contributed by atoms with van der Waals surface area (Å²) >= 11 is 3.65. The van der Waals surface area contributed by atoms with E-state index in [1.165, 1.54) is 20.3 Å². The molecule has 424 valence electrons. The summed E-state index contributed by atoms with van der Waals surface area (Å²) in [5.74, 6) is -2.39. The zero-order valence-corrected chi connectivity index (χ0v) is 47.3. The van der Waals surface area contributed by atoms with Crippen molar-refractivity contribution in [2.45, 2.75) is 78.6 Å². The Morgan fingerprint density at radius 2 is 0.976 bits per heavy atom. The van der Waals surface area contributed by atoms with Gasteiger partial charge < -0.3 is 39.8 Å². The minimum absolute atomic E-state index is 0.0205. The second-order valence-corrected chi connectivity index (χ2v) is 22.4. The van der Waals surface area contributed by atoms with Gasteiger partial charge in [-0.25, -0.2) is 19.6 Å². The van der Waals surface area contributed by atoms with E-state index < -0.39 is 23.6 Å². The fourth-order valence-corrected chi connectivity index (χ4v) is 12.9. The van der Waals surface area contributed by atoms with Crippen molar-refractivity contribution >= 4 is 125 Å². The SMILES string of the molecule is CC(=O)Nc1cc2c3c(c1)c(C1=C(c4cnc5ccccn45)C(=O)NC1=O)cn3CCN(C(=O)N1CCCCC1)C2.CC(N)=O.O=C1NC(=O)C(c2cnc3ccccn23)=C1c1cn2c3c(cc(Br)cc13)CN(C(=O)N1CCCCC1)CC2. The van der Waals surface area contributed by atoms with Crippen LogP contribution in [0.5, 0.6) is 0 Å². The van der Waals surface area contributed by atoms with Crippen molar-refractivity contribution in [3.8, 4) is 0 Å². The van der Waals surface area contributed by atoms with Crippen molar-refractivity contribution in [3.63, 3.8) is 0 Å². The number of amides is 10. The average molecular weight is 1180 g/mol. The largest absolute Gasteiger partial charge is 0.370 e. The third-order valence-electron chi connectivity index (χ3n) is 15.9. The Labute approximate surface area is 483 Å². The van der Waals surface area contributed by atoms with Crippen LogP contribution in [0.3, 0.4) is 0 Å². The highest BCUT2D eigenvalue weighted by atomic mass is 79.9. The third kappa shape index (κ3) is 10.2. The molecule has 2 fully saturated rings. The molecule has 12 heterocycles. The molecule has 14 rings (SSSR count). The van der Waals surface area contributed by atoms with Crippen LogP contribution in [0.15, 0.2) is 102 Å². The first-order valence-electron chi connectivity index (χ1n) is 27.8. The number of anilines is 1. The highest BCUT2D eigenvalue weighted by Crippen LogP contribution is 2.42. The van der Waals surface area contributed by atoms with Gasteiger partial charge in [0.2, 0.25) is 11.8 Å². The van der Waals surface area contributed by atoms with Crippen molar-refractivity contribution in [1.29, 1.82) is 0 Å². The third-order valence-corrected chi connectivity index (χ3v) is 16.3. The summed E-state index contributed by atoms with van der Waals surface area (Å²) in [5.41, 5.74) is 13.7. The van der Waals surface area contributed by atoms with E-state index in [-0.39, 0.29) is 35.0 Å². The number of pyridine rings is 2. The summed E-state index contributed by atoms with van der Waals surface area (Å²) in [6.45, 7) is 8.91. The summed E-state index contributed by atoms with van der Waals surface area (Å²) in [5, 5.41) is 9.45. The number of nitrogens with zero attached hydrogens (tertiary/aromatic N) is 10. The molecule has 0 aliphatic carbocycles. The van der Waals surface area contributed by atoms with Gasteiger partial charge in [0, 0.05) is 136 Å². The van der Waals surface area contributed by atoms with E-state index in [4.69, 9.17) is 0 Å². The molecule has 10 amide bonds. The maximum Gasteiger partial charge on any atom is 0.320 e. The lowest BCUT2D eigenvalue weighted by molar-refractivity contribution is -0.124. The lowest BCUT2D eigenvalue weighted by Gasteiger charge is -2.32. The number of halogens is 1. The number of carbonyl (C=O) groups excluding carboxylic acids is 8. The number of nitrogens with two attached hydrogens (primary N) is 1. The Morgan fingerprint density at radius 1 is 0.542 bits per heavy atom. The molecular formula is C60H59BrN14O8. The maximum atomic E-state index is 13.5. The van der Waals surface area contributed by atoms with Crippen LogP contribution in [0.4, 0.5) is 15.3 Å². The van der Waals surface area contributed by atoms with E-state index >= 15 is 0 Å². The molecule has 8 aromatic rings. The van der Waals surface area contributed by atoms with E-state index in [1.54, 1.807) is 23.0 Å². The zero-order valence-electron chi connectivity index (χ0n) is 45.7. The van der Waals surface area contributed by atoms with Crippen LogP contribution in [0, 0.1) is 0 Å². The van der Waals surface area contributed by atoms with E-state index in [1.807, 2.05) is 103 Å². The Morgan fingerprint density at radius 3 is 1.43 bits per heavy atom. The van der Waals surface area contributed by atoms with Crippen molar-refractivity contribution in [2.75, 3.05) is 44.6 Å². The number of imidazole rings is 2. The number of benzene rings is 2. The molecule has 0 unspecified atom stereocenters. The minimum Gasteiger partial charge on any atom is -0.370 e. The number of urea groups is 2. The number of nitrogens with one attached hydrogen (secondary N) is 3. The fraction of sp³-hybridized carbons (Fsp3) is 0.300. The lowest BCUT2D eigenvalue weighted by atomic mass is 9.97. The quantitative estimate of drug-likeness (QED) is 0.132. The van der Waals surface area contributed by atoms with E-state index in [9.17, 15) is 38.4 Å². The Hall–Kier alpha value is -9.38. The van der Waals surface area contributed by atoms with Gasteiger partial charge in [-0.05, 0) is 98.2 Å². The molecule has 0 radical (unpaired) electrons. The lowest BCUT2D eigenvalue weighted by Crippen LogP contribution is -2.45. The Kier molecular flexibility index (Phi) is 14.5. The molecular weight excluding hydrogens is 1120 g/mol. The average Bonchev–Trinajstić information content (AvgIpc) is 3.33. The van der Waals surface area contributed by atoms with Crippen LogP contribution >= 0.6 is 15.9 Å². The number of aromatic nitrogens is 6. The number of imide groups is 2. The molecule has 2 saturated heterocycles. The Balaban J connectivity index is 0.000000154. The number of hydrogen-bond donors (Lipinski definition) is 4. The first kappa shape index (κ1) is 54.2. The molecule has 6 aliphatic heterocycles. The van der Waals surface area contributed by atoms with E-state index in [0.717, 1.165) is 95.7 Å². The molecule has 0 spiro atoms. The smallest absolute Gasteiger partial charge is 0.320 e. The summed E-state index contributed by atoms with van der Waals surface area (Å²) in [4.78, 5) is 118. The van der Waals surface area contributed by atoms with Crippen LogP contribution in [-0.2, 0) is 54.9 Å². The van der Waals surface area contributed by atoms with Crippen LogP contribution in [0.2, 0.25) is 0 Å². The second-order valence-electron chi connectivity index (χ2n) is 21.5. The van der Waals surface area contributed by atoms with Crippen LogP contribution in [0.25, 0.3) is 55.4 Å². The maximum absolute atomic E-state index is 13.5. The van der Waals surface area contributed by atoms with Crippen molar-refractivity contribution in [1.82, 2.24) is 58.1 Å². The molecule has 0 atom stereocenters. The van der Waals surface area contributed by atoms with E-state index in [0.29, 0.717) is 89.9 Å². The topological polar surface area (TPSA) is 256 Å². The summed E-state index contributed by atoms with van der Waals surface area (Å²) in [6, 6.07) is 19.0. The van der Waals surface area contributed by atoms with Crippen LogP contribution in [-0.4, -0.2) is 134 Å². The number of carbonyl (C=O) groups is 8. The van der Waals surface area contributed by atoms with Gasteiger partial charge >= 0.3 is 12.1 Å². The van der Waals surface area contributed by atoms with Gasteiger partial charge in [-0.3, -0.25) is 48.2 Å². The van der Waals surface area contributed by atoms with Crippen molar-refractivity contribution in [3.05, 3.63) is 136 Å². The molecule has 83 heavy (non-hydrogen) atoms.